The summed E-state index contributed by atoms with van der Waals surface area (Å²) in [6, 6.07) is 16.5. The predicted molar refractivity (Wildman–Crippen MR) is 138 cm³/mol. The third kappa shape index (κ3) is 4.42. The van der Waals surface area contributed by atoms with Crippen molar-refractivity contribution in [2.24, 2.45) is 5.41 Å². The van der Waals surface area contributed by atoms with Crippen molar-refractivity contribution >= 4 is 5.95 Å². The summed E-state index contributed by atoms with van der Waals surface area (Å²) in [6.07, 6.45) is 9.12. The summed E-state index contributed by atoms with van der Waals surface area (Å²) < 4.78 is 26.3. The second kappa shape index (κ2) is 9.06. The van der Waals surface area contributed by atoms with Crippen LogP contribution in [0.4, 0.5) is 10.3 Å². The molecule has 1 aromatic heterocycles. The highest BCUT2D eigenvalue weighted by atomic mass is 19.1. The van der Waals surface area contributed by atoms with Gasteiger partial charge in [-0.25, -0.2) is 14.4 Å². The lowest BCUT2D eigenvalue weighted by Crippen LogP contribution is -2.60. The number of hydrogen-bond acceptors (Lipinski definition) is 5. The number of aromatic nitrogens is 2. The summed E-state index contributed by atoms with van der Waals surface area (Å²) >= 11 is 0. The van der Waals surface area contributed by atoms with Gasteiger partial charge in [-0.05, 0) is 67.5 Å². The standard InChI is InChI=1S/C30H34FN3O2/c1-29(2,22-9-13-25(14-10-22)36-24-5-3-6-24)21-7-11-23(12-8-21)35-18-27-26(31)17-32-28(33-27)34-19-30(20-34)15-4-16-30/h7-14,17,24H,3-6,15-16,18-20H2,1-2H3. The third-order valence-corrected chi connectivity index (χ3v) is 8.44. The molecule has 6 rings (SSSR count). The van der Waals surface area contributed by atoms with Gasteiger partial charge in [0.25, 0.3) is 0 Å². The Labute approximate surface area is 212 Å². The van der Waals surface area contributed by atoms with Gasteiger partial charge in [0.05, 0.1) is 12.3 Å². The van der Waals surface area contributed by atoms with Crippen molar-refractivity contribution in [1.29, 1.82) is 0 Å². The quantitative estimate of drug-likeness (QED) is 0.366. The van der Waals surface area contributed by atoms with Gasteiger partial charge >= 0.3 is 0 Å². The summed E-state index contributed by atoms with van der Waals surface area (Å²) in [5, 5.41) is 0. The van der Waals surface area contributed by atoms with E-state index in [9.17, 15) is 4.39 Å². The minimum atomic E-state index is -0.430. The number of halogens is 1. The Morgan fingerprint density at radius 3 is 2.14 bits per heavy atom. The number of ether oxygens (including phenoxy) is 2. The molecule has 3 fully saturated rings. The molecule has 188 valence electrons. The van der Waals surface area contributed by atoms with E-state index < -0.39 is 5.82 Å². The van der Waals surface area contributed by atoms with Crippen LogP contribution in [0.15, 0.2) is 54.7 Å². The molecular weight excluding hydrogens is 453 g/mol. The van der Waals surface area contributed by atoms with E-state index in [2.05, 4.69) is 65.1 Å². The van der Waals surface area contributed by atoms with Crippen LogP contribution in [0.25, 0.3) is 0 Å². The van der Waals surface area contributed by atoms with E-state index in [0.29, 0.717) is 28.9 Å². The second-order valence-electron chi connectivity index (χ2n) is 11.3. The second-order valence-corrected chi connectivity index (χ2v) is 11.3. The fourth-order valence-corrected chi connectivity index (χ4v) is 5.46. The molecule has 0 bridgehead atoms. The van der Waals surface area contributed by atoms with Gasteiger partial charge in [-0.2, -0.15) is 0 Å². The maximum atomic E-state index is 14.4. The summed E-state index contributed by atoms with van der Waals surface area (Å²) in [5.41, 5.74) is 3.00. The van der Waals surface area contributed by atoms with Crippen molar-refractivity contribution in [3.05, 3.63) is 77.4 Å². The van der Waals surface area contributed by atoms with E-state index in [1.807, 2.05) is 12.1 Å². The van der Waals surface area contributed by atoms with Crippen molar-refractivity contribution < 1.29 is 13.9 Å². The van der Waals surface area contributed by atoms with E-state index in [4.69, 9.17) is 9.47 Å². The first-order valence-corrected chi connectivity index (χ1v) is 13.2. The first kappa shape index (κ1) is 23.3. The first-order valence-electron chi connectivity index (χ1n) is 13.2. The minimum absolute atomic E-state index is 0.0749. The van der Waals surface area contributed by atoms with Gasteiger partial charge in [-0.3, -0.25) is 0 Å². The molecule has 0 atom stereocenters. The number of benzene rings is 2. The summed E-state index contributed by atoms with van der Waals surface area (Å²) in [7, 11) is 0. The molecule has 2 saturated carbocycles. The fourth-order valence-electron chi connectivity index (χ4n) is 5.46. The average Bonchev–Trinajstić information content (AvgIpc) is 2.80. The third-order valence-electron chi connectivity index (χ3n) is 8.44. The SMILES string of the molecule is CC(C)(c1ccc(OCc2nc(N3CC4(CCC4)C3)ncc2F)cc1)c1ccc(OC2CCC2)cc1. The summed E-state index contributed by atoms with van der Waals surface area (Å²) in [4.78, 5) is 10.8. The van der Waals surface area contributed by atoms with Gasteiger partial charge in [0.1, 0.15) is 23.8 Å². The normalized spacial score (nSPS) is 18.8. The van der Waals surface area contributed by atoms with Gasteiger partial charge in [0.15, 0.2) is 5.82 Å². The largest absolute Gasteiger partial charge is 0.490 e. The molecule has 3 aromatic rings. The highest BCUT2D eigenvalue weighted by molar-refractivity contribution is 5.42. The van der Waals surface area contributed by atoms with Crippen LogP contribution in [0.2, 0.25) is 0 Å². The monoisotopic (exact) mass is 487 g/mol. The van der Waals surface area contributed by atoms with Gasteiger partial charge in [-0.1, -0.05) is 44.5 Å². The van der Waals surface area contributed by atoms with Crippen LogP contribution >= 0.6 is 0 Å². The molecule has 1 aliphatic heterocycles. The fraction of sp³-hybridized carbons (Fsp3) is 0.467. The Morgan fingerprint density at radius 2 is 1.58 bits per heavy atom. The zero-order valence-corrected chi connectivity index (χ0v) is 21.2. The zero-order chi connectivity index (χ0) is 24.8. The lowest BCUT2D eigenvalue weighted by Gasteiger charge is -2.55. The predicted octanol–water partition coefficient (Wildman–Crippen LogP) is 6.44. The zero-order valence-electron chi connectivity index (χ0n) is 21.2. The summed E-state index contributed by atoms with van der Waals surface area (Å²) in [5.74, 6) is 1.81. The van der Waals surface area contributed by atoms with Gasteiger partial charge in [0.2, 0.25) is 5.95 Å². The Hall–Kier alpha value is -3.15. The molecule has 0 amide bonds. The van der Waals surface area contributed by atoms with Crippen LogP contribution in [0, 0.1) is 11.2 Å². The molecular formula is C30H34FN3O2. The number of nitrogens with zero attached hydrogens (tertiary/aromatic N) is 3. The number of anilines is 1. The molecule has 0 N–H and O–H groups in total. The molecule has 36 heavy (non-hydrogen) atoms. The molecule has 6 heteroatoms. The lowest BCUT2D eigenvalue weighted by atomic mass is 9.64. The van der Waals surface area contributed by atoms with Crippen LogP contribution in [0.5, 0.6) is 11.5 Å². The Kier molecular flexibility index (Phi) is 5.85. The van der Waals surface area contributed by atoms with Gasteiger partial charge in [0, 0.05) is 23.9 Å². The van der Waals surface area contributed by atoms with Crippen molar-refractivity contribution in [2.45, 2.75) is 70.5 Å². The molecule has 2 heterocycles. The maximum Gasteiger partial charge on any atom is 0.225 e. The van der Waals surface area contributed by atoms with Crippen LogP contribution < -0.4 is 14.4 Å². The molecule has 1 saturated heterocycles. The molecule has 2 aromatic carbocycles. The molecule has 2 aliphatic carbocycles. The van der Waals surface area contributed by atoms with E-state index in [1.54, 1.807) is 0 Å². The van der Waals surface area contributed by atoms with E-state index in [1.165, 1.54) is 43.0 Å². The Balaban J connectivity index is 1.08. The summed E-state index contributed by atoms with van der Waals surface area (Å²) in [6.45, 7) is 6.46. The topological polar surface area (TPSA) is 47.5 Å². The molecule has 1 spiro atoms. The molecule has 5 nitrogen and oxygen atoms in total. The molecule has 0 unspecified atom stereocenters. The van der Waals surface area contributed by atoms with Crippen molar-refractivity contribution in [3.63, 3.8) is 0 Å². The van der Waals surface area contributed by atoms with Crippen LogP contribution in [-0.4, -0.2) is 29.2 Å². The van der Waals surface area contributed by atoms with Crippen LogP contribution in [0.3, 0.4) is 0 Å². The highest BCUT2D eigenvalue weighted by Crippen LogP contribution is 2.48. The van der Waals surface area contributed by atoms with Gasteiger partial charge in [-0.15, -0.1) is 0 Å². The van der Waals surface area contributed by atoms with Crippen molar-refractivity contribution in [1.82, 2.24) is 9.97 Å². The van der Waals surface area contributed by atoms with Crippen molar-refractivity contribution in [3.8, 4) is 11.5 Å². The van der Waals surface area contributed by atoms with Crippen LogP contribution in [0.1, 0.15) is 69.2 Å². The highest BCUT2D eigenvalue weighted by Gasteiger charge is 2.48. The van der Waals surface area contributed by atoms with E-state index in [-0.39, 0.29) is 12.0 Å². The molecule has 0 radical (unpaired) electrons. The Morgan fingerprint density at radius 1 is 0.944 bits per heavy atom. The van der Waals surface area contributed by atoms with Gasteiger partial charge < -0.3 is 14.4 Å². The Bertz CT molecular complexity index is 1210. The lowest BCUT2D eigenvalue weighted by molar-refractivity contribution is 0.0886. The smallest absolute Gasteiger partial charge is 0.225 e. The maximum absolute atomic E-state index is 14.4. The van der Waals surface area contributed by atoms with Crippen LogP contribution in [-0.2, 0) is 12.0 Å². The van der Waals surface area contributed by atoms with E-state index >= 15 is 0 Å². The van der Waals surface area contributed by atoms with E-state index in [0.717, 1.165) is 31.7 Å². The molecule has 3 aliphatic rings. The first-order chi connectivity index (χ1) is 17.4. The minimum Gasteiger partial charge on any atom is -0.490 e. The average molecular weight is 488 g/mol. The number of rotatable bonds is 8. The van der Waals surface area contributed by atoms with Crippen molar-refractivity contribution in [2.75, 3.05) is 18.0 Å². The number of hydrogen-bond donors (Lipinski definition) is 0.